The Morgan fingerprint density at radius 1 is 1.06 bits per heavy atom. The van der Waals surface area contributed by atoms with E-state index < -0.39 is 5.97 Å². The molecule has 0 aromatic heterocycles. The predicted octanol–water partition coefficient (Wildman–Crippen LogP) is 6.57. The van der Waals surface area contributed by atoms with E-state index in [0.29, 0.717) is 21.9 Å². The number of imide groups is 1. The predicted molar refractivity (Wildman–Crippen MR) is 135 cm³/mol. The topological polar surface area (TPSA) is 72.9 Å². The van der Waals surface area contributed by atoms with E-state index >= 15 is 0 Å². The second kappa shape index (κ2) is 10.5. The Labute approximate surface area is 213 Å². The Hall–Kier alpha value is -3.07. The van der Waals surface area contributed by atoms with Gasteiger partial charge in [0.05, 0.1) is 24.1 Å². The molecule has 1 saturated heterocycles. The summed E-state index contributed by atoms with van der Waals surface area (Å²) in [5, 5.41) is 0.152. The van der Waals surface area contributed by atoms with Gasteiger partial charge in [-0.3, -0.25) is 14.5 Å². The van der Waals surface area contributed by atoms with Crippen LogP contribution in [-0.2, 0) is 11.3 Å². The van der Waals surface area contributed by atoms with Crippen molar-refractivity contribution in [2.24, 2.45) is 0 Å². The van der Waals surface area contributed by atoms with Crippen LogP contribution >= 0.6 is 39.3 Å². The van der Waals surface area contributed by atoms with Crippen molar-refractivity contribution >= 4 is 62.5 Å². The number of carbonyl (C=O) groups excluding carboxylic acids is 3. The lowest BCUT2D eigenvalue weighted by Gasteiger charge is -2.13. The zero-order valence-corrected chi connectivity index (χ0v) is 20.9. The molecule has 0 atom stereocenters. The molecule has 9 heteroatoms. The number of amides is 2. The SMILES string of the molecule is COc1ccc(/C=C2\SC(=O)N(Cc3ccccc3Br)C2=O)cc1OC(=O)c1ccc(Cl)cc1. The summed E-state index contributed by atoms with van der Waals surface area (Å²) in [5.74, 6) is -0.438. The highest BCUT2D eigenvalue weighted by molar-refractivity contribution is 9.10. The highest BCUT2D eigenvalue weighted by atomic mass is 79.9. The molecular formula is C25H17BrClNO5S. The summed E-state index contributed by atoms with van der Waals surface area (Å²) in [6.07, 6.45) is 1.59. The number of nitrogens with zero attached hydrogens (tertiary/aromatic N) is 1. The van der Waals surface area contributed by atoms with Crippen molar-refractivity contribution in [3.8, 4) is 11.5 Å². The molecule has 3 aromatic rings. The molecule has 0 N–H and O–H groups in total. The third-order valence-electron chi connectivity index (χ3n) is 4.93. The van der Waals surface area contributed by atoms with Gasteiger partial charge < -0.3 is 9.47 Å². The van der Waals surface area contributed by atoms with Gasteiger partial charge in [0.15, 0.2) is 11.5 Å². The first-order valence-corrected chi connectivity index (χ1v) is 12.0. The number of esters is 1. The molecule has 172 valence electrons. The van der Waals surface area contributed by atoms with Gasteiger partial charge >= 0.3 is 5.97 Å². The fraction of sp³-hybridized carbons (Fsp3) is 0.0800. The number of hydrogen-bond donors (Lipinski definition) is 0. The number of thioether (sulfide) groups is 1. The van der Waals surface area contributed by atoms with Gasteiger partial charge in [0.2, 0.25) is 0 Å². The molecule has 1 heterocycles. The zero-order valence-electron chi connectivity index (χ0n) is 17.8. The molecule has 0 unspecified atom stereocenters. The van der Waals surface area contributed by atoms with Crippen LogP contribution in [0.5, 0.6) is 11.5 Å². The van der Waals surface area contributed by atoms with Crippen molar-refractivity contribution in [1.29, 1.82) is 0 Å². The standard InChI is InChI=1S/C25H17BrClNO5S/c1-32-20-11-6-15(12-21(20)33-24(30)16-7-9-18(27)10-8-16)13-22-23(29)28(25(31)34-22)14-17-4-2-3-5-19(17)26/h2-13H,14H2,1H3/b22-13-. The highest BCUT2D eigenvalue weighted by Crippen LogP contribution is 2.36. The third kappa shape index (κ3) is 5.35. The first-order valence-electron chi connectivity index (χ1n) is 10.0. The second-order valence-corrected chi connectivity index (χ2v) is 9.45. The van der Waals surface area contributed by atoms with E-state index in [0.717, 1.165) is 21.8 Å². The highest BCUT2D eigenvalue weighted by Gasteiger charge is 2.35. The summed E-state index contributed by atoms with van der Waals surface area (Å²) < 4.78 is 11.6. The van der Waals surface area contributed by atoms with Crippen LogP contribution in [0.4, 0.5) is 4.79 Å². The maximum absolute atomic E-state index is 12.9. The van der Waals surface area contributed by atoms with Gasteiger partial charge in [0, 0.05) is 9.50 Å². The Balaban J connectivity index is 1.56. The molecular weight excluding hydrogens is 542 g/mol. The van der Waals surface area contributed by atoms with Crippen LogP contribution in [-0.4, -0.2) is 29.1 Å². The van der Waals surface area contributed by atoms with Crippen LogP contribution in [0.3, 0.4) is 0 Å². The van der Waals surface area contributed by atoms with Gasteiger partial charge in [-0.15, -0.1) is 0 Å². The van der Waals surface area contributed by atoms with Gasteiger partial charge in [0.1, 0.15) is 0 Å². The summed E-state index contributed by atoms with van der Waals surface area (Å²) in [7, 11) is 1.46. The molecule has 4 rings (SSSR count). The Kier molecular flexibility index (Phi) is 7.41. The summed E-state index contributed by atoms with van der Waals surface area (Å²) >= 11 is 10.2. The summed E-state index contributed by atoms with van der Waals surface area (Å²) in [6.45, 7) is 0.163. The van der Waals surface area contributed by atoms with E-state index in [1.165, 1.54) is 12.0 Å². The number of rotatable bonds is 6. The second-order valence-electron chi connectivity index (χ2n) is 7.17. The van der Waals surface area contributed by atoms with Crippen molar-refractivity contribution in [1.82, 2.24) is 4.90 Å². The number of hydrogen-bond acceptors (Lipinski definition) is 6. The van der Waals surface area contributed by atoms with Gasteiger partial charge in [0.25, 0.3) is 11.1 Å². The molecule has 6 nitrogen and oxygen atoms in total. The van der Waals surface area contributed by atoms with Crippen molar-refractivity contribution in [2.45, 2.75) is 6.54 Å². The molecule has 0 radical (unpaired) electrons. The lowest BCUT2D eigenvalue weighted by molar-refractivity contribution is -0.123. The Morgan fingerprint density at radius 2 is 1.79 bits per heavy atom. The molecule has 34 heavy (non-hydrogen) atoms. The monoisotopic (exact) mass is 557 g/mol. The zero-order chi connectivity index (χ0) is 24.2. The summed E-state index contributed by atoms with van der Waals surface area (Å²) in [6, 6.07) is 18.6. The average molecular weight is 559 g/mol. The van der Waals surface area contributed by atoms with Gasteiger partial charge in [-0.1, -0.05) is 51.8 Å². The molecule has 3 aromatic carbocycles. The van der Waals surface area contributed by atoms with Crippen molar-refractivity contribution in [2.75, 3.05) is 7.11 Å². The summed E-state index contributed by atoms with van der Waals surface area (Å²) in [4.78, 5) is 39.4. The van der Waals surface area contributed by atoms with Crippen LogP contribution in [0.1, 0.15) is 21.5 Å². The lowest BCUT2D eigenvalue weighted by atomic mass is 10.1. The van der Waals surface area contributed by atoms with Gasteiger partial charge in [-0.05, 0) is 71.4 Å². The van der Waals surface area contributed by atoms with Gasteiger partial charge in [-0.2, -0.15) is 0 Å². The van der Waals surface area contributed by atoms with Crippen molar-refractivity contribution in [3.63, 3.8) is 0 Å². The van der Waals surface area contributed by atoms with Gasteiger partial charge in [-0.25, -0.2) is 4.79 Å². The fourth-order valence-electron chi connectivity index (χ4n) is 3.19. The van der Waals surface area contributed by atoms with E-state index in [2.05, 4.69) is 15.9 Å². The van der Waals surface area contributed by atoms with E-state index in [-0.39, 0.29) is 28.3 Å². The Morgan fingerprint density at radius 3 is 2.50 bits per heavy atom. The number of halogens is 2. The van der Waals surface area contributed by atoms with E-state index in [4.69, 9.17) is 21.1 Å². The number of ether oxygens (including phenoxy) is 2. The minimum Gasteiger partial charge on any atom is -0.493 e. The average Bonchev–Trinajstić information content (AvgIpc) is 3.08. The summed E-state index contributed by atoms with van der Waals surface area (Å²) in [5.41, 5.74) is 1.73. The Bertz CT molecular complexity index is 1310. The maximum Gasteiger partial charge on any atom is 0.343 e. The van der Waals surface area contributed by atoms with E-state index in [1.54, 1.807) is 48.5 Å². The molecule has 0 saturated carbocycles. The van der Waals surface area contributed by atoms with E-state index in [9.17, 15) is 14.4 Å². The maximum atomic E-state index is 12.9. The van der Waals surface area contributed by atoms with Crippen LogP contribution in [0.25, 0.3) is 6.08 Å². The number of methoxy groups -OCH3 is 1. The van der Waals surface area contributed by atoms with Crippen molar-refractivity contribution < 1.29 is 23.9 Å². The number of carbonyl (C=O) groups is 3. The van der Waals surface area contributed by atoms with Crippen LogP contribution in [0, 0.1) is 0 Å². The molecule has 0 bridgehead atoms. The normalized spacial score (nSPS) is 14.6. The smallest absolute Gasteiger partial charge is 0.343 e. The molecule has 2 amide bonds. The number of benzene rings is 3. The molecule has 1 aliphatic rings. The van der Waals surface area contributed by atoms with E-state index in [1.807, 2.05) is 24.3 Å². The first kappa shape index (κ1) is 24.1. The molecule has 0 spiro atoms. The fourth-order valence-corrected chi connectivity index (χ4v) is 4.57. The molecule has 1 aliphatic heterocycles. The minimum absolute atomic E-state index is 0.163. The quantitative estimate of drug-likeness (QED) is 0.194. The van der Waals surface area contributed by atoms with Crippen molar-refractivity contribution in [3.05, 3.63) is 97.8 Å². The largest absolute Gasteiger partial charge is 0.493 e. The first-order chi connectivity index (χ1) is 16.4. The molecule has 0 aliphatic carbocycles. The molecule has 1 fully saturated rings. The van der Waals surface area contributed by atoms with Crippen LogP contribution in [0.15, 0.2) is 76.1 Å². The lowest BCUT2D eigenvalue weighted by Crippen LogP contribution is -2.27. The van der Waals surface area contributed by atoms with Crippen LogP contribution < -0.4 is 9.47 Å². The third-order valence-corrected chi connectivity index (χ3v) is 6.86. The minimum atomic E-state index is -0.583. The van der Waals surface area contributed by atoms with Crippen LogP contribution in [0.2, 0.25) is 5.02 Å².